The van der Waals surface area contributed by atoms with Crippen molar-refractivity contribution in [1.29, 1.82) is 5.26 Å². The van der Waals surface area contributed by atoms with E-state index in [1.54, 1.807) is 38.0 Å². The van der Waals surface area contributed by atoms with Gasteiger partial charge in [-0.05, 0) is 78.7 Å². The highest BCUT2D eigenvalue weighted by atomic mass is 16.2. The molecular formula is C31H37N9O2. The number of nitrogens with zero attached hydrogens (tertiary/aromatic N) is 7. The van der Waals surface area contributed by atoms with Crippen LogP contribution in [0.2, 0.25) is 0 Å². The average Bonchev–Trinajstić information content (AvgIpc) is 3.70. The summed E-state index contributed by atoms with van der Waals surface area (Å²) in [6.45, 7) is 6.22. The minimum Gasteiger partial charge on any atom is -0.358 e. The second-order valence-electron chi connectivity index (χ2n) is 11.4. The fraction of sp³-hybridized carbons (Fsp3) is 0.419. The quantitative estimate of drug-likeness (QED) is 0.377. The van der Waals surface area contributed by atoms with Crippen molar-refractivity contribution in [2.24, 2.45) is 0 Å². The van der Waals surface area contributed by atoms with Crippen molar-refractivity contribution in [3.8, 4) is 6.07 Å². The Kier molecular flexibility index (Phi) is 8.09. The first-order chi connectivity index (χ1) is 20.2. The number of nitriles is 1. The molecule has 3 aromatic rings. The summed E-state index contributed by atoms with van der Waals surface area (Å²) < 4.78 is 0. The largest absolute Gasteiger partial charge is 0.358 e. The Morgan fingerprint density at radius 2 is 1.71 bits per heavy atom. The zero-order valence-corrected chi connectivity index (χ0v) is 24.6. The van der Waals surface area contributed by atoms with Crippen molar-refractivity contribution in [3.05, 3.63) is 87.9 Å². The van der Waals surface area contributed by atoms with E-state index in [0.717, 1.165) is 47.3 Å². The zero-order chi connectivity index (χ0) is 30.0. The predicted octanol–water partition coefficient (Wildman–Crippen LogP) is 2.32. The minimum absolute atomic E-state index is 0.0805. The number of H-pyrrole nitrogens is 1. The molecule has 1 saturated heterocycles. The third-order valence-electron chi connectivity index (χ3n) is 8.36. The molecule has 2 N–H and O–H groups in total. The number of carbonyl (C=O) groups is 2. The topological polar surface area (TPSA) is 134 Å². The van der Waals surface area contributed by atoms with E-state index >= 15 is 0 Å². The number of amides is 2. The monoisotopic (exact) mass is 567 g/mol. The van der Waals surface area contributed by atoms with E-state index in [1.165, 1.54) is 0 Å². The van der Waals surface area contributed by atoms with E-state index in [1.807, 2.05) is 36.4 Å². The molecule has 0 radical (unpaired) electrons. The molecule has 1 unspecified atom stereocenters. The van der Waals surface area contributed by atoms with Crippen molar-refractivity contribution in [1.82, 2.24) is 40.6 Å². The van der Waals surface area contributed by atoms with E-state index in [2.05, 4.69) is 43.5 Å². The van der Waals surface area contributed by atoms with Crippen LogP contribution in [0.4, 0.5) is 0 Å². The molecule has 2 aromatic carbocycles. The summed E-state index contributed by atoms with van der Waals surface area (Å²) in [5.74, 6) is 0.360. The Balaban J connectivity index is 1.55. The number of nitrogens with one attached hydrogen (secondary N) is 2. The number of rotatable bonds is 9. The Labute approximate surface area is 246 Å². The summed E-state index contributed by atoms with van der Waals surface area (Å²) >= 11 is 0. The van der Waals surface area contributed by atoms with Gasteiger partial charge in [0.1, 0.15) is 6.04 Å². The number of carbonyl (C=O) groups excluding carboxylic acids is 2. The molecule has 11 heteroatoms. The Morgan fingerprint density at radius 3 is 2.24 bits per heavy atom. The van der Waals surface area contributed by atoms with Crippen LogP contribution in [0.25, 0.3) is 0 Å². The van der Waals surface area contributed by atoms with Crippen molar-refractivity contribution in [3.63, 3.8) is 0 Å². The molecule has 1 fully saturated rings. The van der Waals surface area contributed by atoms with Gasteiger partial charge in [0.05, 0.1) is 11.5 Å². The van der Waals surface area contributed by atoms with E-state index in [9.17, 15) is 14.9 Å². The minimum atomic E-state index is -0.785. The number of aromatic amines is 1. The maximum absolute atomic E-state index is 12.9. The molecule has 1 aromatic heterocycles. The lowest BCUT2D eigenvalue weighted by atomic mass is 9.63. The van der Waals surface area contributed by atoms with E-state index in [4.69, 9.17) is 0 Å². The number of tetrazole rings is 1. The van der Waals surface area contributed by atoms with E-state index in [0.29, 0.717) is 42.9 Å². The lowest BCUT2D eigenvalue weighted by Gasteiger charge is -2.39. The first-order valence-corrected chi connectivity index (χ1v) is 14.2. The van der Waals surface area contributed by atoms with Crippen LogP contribution in [0.1, 0.15) is 68.1 Å². The van der Waals surface area contributed by atoms with Crippen LogP contribution < -0.4 is 5.32 Å². The van der Waals surface area contributed by atoms with Crippen molar-refractivity contribution >= 4 is 11.8 Å². The van der Waals surface area contributed by atoms with Gasteiger partial charge in [0.25, 0.3) is 11.8 Å². The molecule has 1 aliphatic heterocycles. The number of hydrogen-bond donors (Lipinski definition) is 2. The number of aromatic nitrogens is 4. The first-order valence-electron chi connectivity index (χ1n) is 14.2. The molecule has 0 spiro atoms. The summed E-state index contributed by atoms with van der Waals surface area (Å²) in [5.41, 5.74) is 5.27. The van der Waals surface area contributed by atoms with Gasteiger partial charge in [0.2, 0.25) is 0 Å². The van der Waals surface area contributed by atoms with Crippen molar-refractivity contribution < 1.29 is 9.59 Å². The zero-order valence-electron chi connectivity index (χ0n) is 24.6. The normalized spacial score (nSPS) is 16.7. The Hall–Kier alpha value is -4.56. The molecule has 2 amide bonds. The average molecular weight is 568 g/mol. The van der Waals surface area contributed by atoms with Gasteiger partial charge in [0.15, 0.2) is 5.82 Å². The molecule has 5 rings (SSSR count). The van der Waals surface area contributed by atoms with Gasteiger partial charge < -0.3 is 20.0 Å². The molecule has 42 heavy (non-hydrogen) atoms. The van der Waals surface area contributed by atoms with Gasteiger partial charge >= 0.3 is 0 Å². The first kappa shape index (κ1) is 29.0. The molecule has 1 aliphatic carbocycles. The maximum atomic E-state index is 12.9. The van der Waals surface area contributed by atoms with Crippen LogP contribution in [-0.4, -0.2) is 101 Å². The van der Waals surface area contributed by atoms with Gasteiger partial charge in [0, 0.05) is 58.1 Å². The molecule has 2 heterocycles. The second-order valence-corrected chi connectivity index (χ2v) is 11.4. The molecule has 11 nitrogen and oxygen atoms in total. The molecule has 218 valence electrons. The predicted molar refractivity (Wildman–Crippen MR) is 158 cm³/mol. The third-order valence-corrected chi connectivity index (χ3v) is 8.36. The third kappa shape index (κ3) is 5.14. The van der Waals surface area contributed by atoms with Crippen LogP contribution >= 0.6 is 0 Å². The molecule has 0 saturated carbocycles. The molecule has 0 bridgehead atoms. The van der Waals surface area contributed by atoms with Gasteiger partial charge in [-0.2, -0.15) is 10.5 Å². The standard InChI is InChI=1S/C31H37N9O2/c1-20(40-14-6-7-25(40)18-32)19-33-13-12-31(30-34-36-37-35-30)26-10-8-21(28(41)38(2)3)15-23(26)17-24-16-22(9-11-27(24)31)29(42)39(4)5/h8-11,15-16,25,33H,1,6-7,12-14,17,19H2,2-5H3,(H,34,35,36,37). The molecule has 2 aliphatic rings. The van der Waals surface area contributed by atoms with Crippen LogP contribution in [0.3, 0.4) is 0 Å². The summed E-state index contributed by atoms with van der Waals surface area (Å²) in [5, 5.41) is 28.6. The summed E-state index contributed by atoms with van der Waals surface area (Å²) in [6, 6.07) is 13.9. The molecular weight excluding hydrogens is 530 g/mol. The fourth-order valence-electron chi connectivity index (χ4n) is 6.30. The van der Waals surface area contributed by atoms with Crippen LogP contribution in [-0.2, 0) is 11.8 Å². The number of benzene rings is 2. The van der Waals surface area contributed by atoms with Crippen LogP contribution in [0.15, 0.2) is 48.7 Å². The Bertz CT molecular complexity index is 1470. The second kappa shape index (κ2) is 11.7. The van der Waals surface area contributed by atoms with Gasteiger partial charge in [-0.3, -0.25) is 9.59 Å². The lowest BCUT2D eigenvalue weighted by Crippen LogP contribution is -2.40. The highest BCUT2D eigenvalue weighted by Gasteiger charge is 2.45. The highest BCUT2D eigenvalue weighted by Crippen LogP contribution is 2.47. The lowest BCUT2D eigenvalue weighted by molar-refractivity contribution is 0.0820. The van der Waals surface area contributed by atoms with Crippen molar-refractivity contribution in [2.75, 3.05) is 47.8 Å². The van der Waals surface area contributed by atoms with Crippen LogP contribution in [0.5, 0.6) is 0 Å². The Morgan fingerprint density at radius 1 is 1.10 bits per heavy atom. The molecule has 1 atom stereocenters. The fourth-order valence-corrected chi connectivity index (χ4v) is 6.30. The summed E-state index contributed by atoms with van der Waals surface area (Å²) in [6.07, 6.45) is 2.99. The van der Waals surface area contributed by atoms with Crippen molar-refractivity contribution in [2.45, 2.75) is 37.1 Å². The number of hydrogen-bond acceptors (Lipinski definition) is 8. The summed E-state index contributed by atoms with van der Waals surface area (Å²) in [4.78, 5) is 31.0. The van der Waals surface area contributed by atoms with Crippen LogP contribution in [0, 0.1) is 11.3 Å². The summed E-state index contributed by atoms with van der Waals surface area (Å²) in [7, 11) is 6.95. The van der Waals surface area contributed by atoms with Gasteiger partial charge in [-0.25, -0.2) is 0 Å². The van der Waals surface area contributed by atoms with E-state index < -0.39 is 5.41 Å². The van der Waals surface area contributed by atoms with Gasteiger partial charge in [-0.15, -0.1) is 10.2 Å². The highest BCUT2D eigenvalue weighted by molar-refractivity contribution is 5.95. The smallest absolute Gasteiger partial charge is 0.253 e. The van der Waals surface area contributed by atoms with Gasteiger partial charge in [-0.1, -0.05) is 23.9 Å². The SMILES string of the molecule is C=C(CNCCC1(c2nn[nH]n2)c2ccc(C(=O)N(C)C)cc2Cc2cc(C(=O)N(C)C)ccc21)N1CCCC1C#N. The number of likely N-dealkylation sites (tertiary alicyclic amines) is 1. The van der Waals surface area contributed by atoms with E-state index in [-0.39, 0.29) is 17.9 Å². The number of fused-ring (bicyclic) bond motifs is 2. The maximum Gasteiger partial charge on any atom is 0.253 e.